The maximum atomic E-state index is 13.4. The number of methoxy groups -OCH3 is 3. The fourth-order valence-electron chi connectivity index (χ4n) is 5.65. The first-order valence-corrected chi connectivity index (χ1v) is 14.1. The van der Waals surface area contributed by atoms with Crippen molar-refractivity contribution in [1.29, 1.82) is 0 Å². The van der Waals surface area contributed by atoms with E-state index in [1.165, 1.54) is 43.3 Å². The van der Waals surface area contributed by atoms with Crippen LogP contribution in [0.4, 0.5) is 5.69 Å². The van der Waals surface area contributed by atoms with Gasteiger partial charge in [-0.15, -0.1) is 0 Å². The van der Waals surface area contributed by atoms with Crippen LogP contribution in [0.3, 0.4) is 0 Å². The van der Waals surface area contributed by atoms with Crippen molar-refractivity contribution in [3.8, 4) is 28.4 Å². The molecular weight excluding hydrogens is 500 g/mol. The minimum Gasteiger partial charge on any atom is -0.493 e. The molecule has 208 valence electrons. The van der Waals surface area contributed by atoms with E-state index >= 15 is 0 Å². The first-order chi connectivity index (χ1) is 19.6. The molecule has 0 bridgehead atoms. The molecular formula is C34H38N2O4. The molecule has 1 fully saturated rings. The average molecular weight is 539 g/mol. The molecule has 1 saturated heterocycles. The number of fused-ring (bicyclic) bond motifs is 1. The Bertz CT molecular complexity index is 1450. The van der Waals surface area contributed by atoms with Crippen molar-refractivity contribution >= 4 is 22.4 Å². The van der Waals surface area contributed by atoms with Gasteiger partial charge in [-0.25, -0.2) is 0 Å². The van der Waals surface area contributed by atoms with Crippen molar-refractivity contribution in [2.24, 2.45) is 0 Å². The number of hydrogen-bond donors (Lipinski definition) is 1. The van der Waals surface area contributed by atoms with Gasteiger partial charge in [-0.1, -0.05) is 48.9 Å². The number of anilines is 1. The molecule has 1 N–H and O–H groups in total. The Labute approximate surface area is 236 Å². The van der Waals surface area contributed by atoms with Crippen molar-refractivity contribution in [1.82, 2.24) is 4.90 Å². The number of hydrogen-bond acceptors (Lipinski definition) is 5. The Morgan fingerprint density at radius 1 is 0.775 bits per heavy atom. The Morgan fingerprint density at radius 2 is 1.50 bits per heavy atom. The molecule has 40 heavy (non-hydrogen) atoms. The van der Waals surface area contributed by atoms with Gasteiger partial charge in [-0.3, -0.25) is 4.79 Å². The maximum absolute atomic E-state index is 13.4. The third-order valence-corrected chi connectivity index (χ3v) is 7.75. The molecule has 0 atom stereocenters. The fourth-order valence-corrected chi connectivity index (χ4v) is 5.65. The van der Waals surface area contributed by atoms with Gasteiger partial charge in [0.15, 0.2) is 11.5 Å². The summed E-state index contributed by atoms with van der Waals surface area (Å²) in [7, 11) is 4.77. The lowest BCUT2D eigenvalue weighted by Crippen LogP contribution is -2.30. The third-order valence-electron chi connectivity index (χ3n) is 7.75. The van der Waals surface area contributed by atoms with Crippen molar-refractivity contribution in [2.75, 3.05) is 46.3 Å². The third kappa shape index (κ3) is 6.07. The number of carbonyl (C=O) groups excluding carboxylic acids is 1. The Kier molecular flexibility index (Phi) is 8.87. The minimum absolute atomic E-state index is 0.155. The number of carbonyl (C=O) groups is 1. The lowest BCUT2D eigenvalue weighted by atomic mass is 9.98. The second-order valence-corrected chi connectivity index (χ2v) is 10.3. The van der Waals surface area contributed by atoms with Gasteiger partial charge in [0.2, 0.25) is 5.75 Å². The molecule has 1 heterocycles. The van der Waals surface area contributed by atoms with Crippen LogP contribution < -0.4 is 19.5 Å². The molecule has 6 heteroatoms. The number of likely N-dealkylation sites (tertiary alicyclic amines) is 1. The van der Waals surface area contributed by atoms with Crippen LogP contribution in [0, 0.1) is 0 Å². The van der Waals surface area contributed by atoms with E-state index in [2.05, 4.69) is 34.5 Å². The van der Waals surface area contributed by atoms with Gasteiger partial charge in [-0.05, 0) is 97.7 Å². The first kappa shape index (κ1) is 27.5. The topological polar surface area (TPSA) is 60.0 Å². The Balaban J connectivity index is 1.35. The zero-order valence-electron chi connectivity index (χ0n) is 23.7. The number of amides is 1. The number of ether oxygens (including phenoxy) is 3. The minimum atomic E-state index is -0.155. The van der Waals surface area contributed by atoms with Crippen LogP contribution in [0.5, 0.6) is 17.2 Å². The van der Waals surface area contributed by atoms with Gasteiger partial charge in [0.1, 0.15) is 0 Å². The summed E-state index contributed by atoms with van der Waals surface area (Å²) < 4.78 is 16.5. The molecule has 0 radical (unpaired) electrons. The van der Waals surface area contributed by atoms with Crippen molar-refractivity contribution in [3.05, 3.63) is 83.9 Å². The largest absolute Gasteiger partial charge is 0.493 e. The molecule has 0 aromatic heterocycles. The van der Waals surface area contributed by atoms with E-state index in [9.17, 15) is 4.79 Å². The second-order valence-electron chi connectivity index (χ2n) is 10.3. The van der Waals surface area contributed by atoms with E-state index in [-0.39, 0.29) is 5.91 Å². The molecule has 1 amide bonds. The van der Waals surface area contributed by atoms with Crippen LogP contribution in [-0.4, -0.2) is 51.8 Å². The number of piperidine rings is 1. The number of rotatable bonds is 10. The normalized spacial score (nSPS) is 13.7. The van der Waals surface area contributed by atoms with E-state index in [1.807, 2.05) is 48.5 Å². The fraction of sp³-hybridized carbons (Fsp3) is 0.324. The van der Waals surface area contributed by atoms with E-state index in [4.69, 9.17) is 14.2 Å². The molecule has 0 saturated carbocycles. The lowest BCUT2D eigenvalue weighted by molar-refractivity contribution is 0.102. The van der Waals surface area contributed by atoms with Crippen LogP contribution >= 0.6 is 0 Å². The van der Waals surface area contributed by atoms with Crippen LogP contribution in [0.25, 0.3) is 21.9 Å². The zero-order chi connectivity index (χ0) is 27.9. The number of nitrogens with zero attached hydrogens (tertiary/aromatic N) is 1. The van der Waals surface area contributed by atoms with Gasteiger partial charge in [0.25, 0.3) is 5.91 Å². The predicted octanol–water partition coefficient (Wildman–Crippen LogP) is 7.20. The summed E-state index contributed by atoms with van der Waals surface area (Å²) in [6.45, 7) is 3.61. The monoisotopic (exact) mass is 538 g/mol. The molecule has 4 aromatic carbocycles. The van der Waals surface area contributed by atoms with Gasteiger partial charge >= 0.3 is 0 Å². The van der Waals surface area contributed by atoms with Gasteiger partial charge in [0, 0.05) is 16.6 Å². The summed E-state index contributed by atoms with van der Waals surface area (Å²) in [5.41, 5.74) is 4.46. The average Bonchev–Trinajstić information content (AvgIpc) is 3.01. The molecule has 1 aliphatic heterocycles. The van der Waals surface area contributed by atoms with E-state index in [0.29, 0.717) is 22.8 Å². The number of aryl methyl sites for hydroxylation is 1. The summed E-state index contributed by atoms with van der Waals surface area (Å²) in [5, 5.41) is 5.42. The summed E-state index contributed by atoms with van der Waals surface area (Å²) in [6.07, 6.45) is 6.18. The highest BCUT2D eigenvalue weighted by Crippen LogP contribution is 2.41. The van der Waals surface area contributed by atoms with E-state index < -0.39 is 0 Å². The summed E-state index contributed by atoms with van der Waals surface area (Å²) in [6, 6.07) is 23.9. The summed E-state index contributed by atoms with van der Waals surface area (Å²) in [5.74, 6) is 1.50. The quantitative estimate of drug-likeness (QED) is 0.231. The molecule has 1 aliphatic rings. The Morgan fingerprint density at radius 3 is 2.20 bits per heavy atom. The standard InChI is InChI=1S/C34H38N2O4/c1-38-31-22-27(23-32(39-2)33(31)40-3)25-11-9-12-26(21-25)34(37)35-30-17-16-24(28-14-5-6-15-29(28)30)13-10-20-36-18-7-4-8-19-36/h5-6,9,11-12,14-17,21-23H,4,7-8,10,13,18-20H2,1-3H3,(H,35,37). The van der Waals surface area contributed by atoms with E-state index in [1.54, 1.807) is 21.3 Å². The van der Waals surface area contributed by atoms with E-state index in [0.717, 1.165) is 41.6 Å². The molecule has 6 nitrogen and oxygen atoms in total. The number of benzene rings is 4. The lowest BCUT2D eigenvalue weighted by Gasteiger charge is -2.26. The van der Waals surface area contributed by atoms with Crippen molar-refractivity contribution < 1.29 is 19.0 Å². The van der Waals surface area contributed by atoms with Crippen molar-refractivity contribution in [3.63, 3.8) is 0 Å². The van der Waals surface area contributed by atoms with Crippen LogP contribution in [0.15, 0.2) is 72.8 Å². The molecule has 0 unspecified atom stereocenters. The molecule has 0 aliphatic carbocycles. The summed E-state index contributed by atoms with van der Waals surface area (Å²) in [4.78, 5) is 16.0. The van der Waals surface area contributed by atoms with Crippen LogP contribution in [0.2, 0.25) is 0 Å². The molecule has 0 spiro atoms. The zero-order valence-corrected chi connectivity index (χ0v) is 23.7. The predicted molar refractivity (Wildman–Crippen MR) is 162 cm³/mol. The molecule has 5 rings (SSSR count). The first-order valence-electron chi connectivity index (χ1n) is 14.1. The number of nitrogens with one attached hydrogen (secondary N) is 1. The van der Waals surface area contributed by atoms with Crippen molar-refractivity contribution in [2.45, 2.75) is 32.1 Å². The van der Waals surface area contributed by atoms with Gasteiger partial charge in [-0.2, -0.15) is 0 Å². The SMILES string of the molecule is COc1cc(-c2cccc(C(=O)Nc3ccc(CCCN4CCCCC4)c4ccccc34)c2)cc(OC)c1OC. The Hall–Kier alpha value is -4.03. The van der Waals surface area contributed by atoms with Crippen LogP contribution in [-0.2, 0) is 6.42 Å². The highest BCUT2D eigenvalue weighted by Gasteiger charge is 2.16. The highest BCUT2D eigenvalue weighted by atomic mass is 16.5. The second kappa shape index (κ2) is 12.9. The summed E-state index contributed by atoms with van der Waals surface area (Å²) >= 11 is 0. The van der Waals surface area contributed by atoms with Gasteiger partial charge < -0.3 is 24.4 Å². The van der Waals surface area contributed by atoms with Crippen LogP contribution in [0.1, 0.15) is 41.6 Å². The molecule has 4 aromatic rings. The smallest absolute Gasteiger partial charge is 0.255 e. The van der Waals surface area contributed by atoms with Gasteiger partial charge in [0.05, 0.1) is 21.3 Å². The maximum Gasteiger partial charge on any atom is 0.255 e. The highest BCUT2D eigenvalue weighted by molar-refractivity contribution is 6.10.